The SMILES string of the molecule is CCS(=O)(=O)[C@@H]1[C@H](c2ccc(C)cc2)[C@]1(C#N)COC. The number of rotatable bonds is 5. The zero-order valence-corrected chi connectivity index (χ0v) is 12.8. The summed E-state index contributed by atoms with van der Waals surface area (Å²) in [5.41, 5.74) is 1.06. The third-order valence-corrected chi connectivity index (χ3v) is 6.34. The lowest BCUT2D eigenvalue weighted by Crippen LogP contribution is -2.20. The summed E-state index contributed by atoms with van der Waals surface area (Å²) in [5.74, 6) is -0.245. The highest BCUT2D eigenvalue weighted by Crippen LogP contribution is 2.62. The fourth-order valence-electron chi connectivity index (χ4n) is 2.93. The highest BCUT2D eigenvalue weighted by Gasteiger charge is 2.71. The highest BCUT2D eigenvalue weighted by atomic mass is 32.2. The molecule has 2 rings (SSSR count). The van der Waals surface area contributed by atoms with Gasteiger partial charge in [0.2, 0.25) is 0 Å². The smallest absolute Gasteiger partial charge is 0.155 e. The van der Waals surface area contributed by atoms with Gasteiger partial charge in [-0.05, 0) is 12.5 Å². The Kier molecular flexibility index (Phi) is 3.90. The van der Waals surface area contributed by atoms with Gasteiger partial charge in [-0.15, -0.1) is 0 Å². The number of ether oxygens (including phenoxy) is 1. The largest absolute Gasteiger partial charge is 0.383 e. The van der Waals surface area contributed by atoms with Crippen LogP contribution in [0.5, 0.6) is 0 Å². The van der Waals surface area contributed by atoms with Crippen LogP contribution in [0.2, 0.25) is 0 Å². The van der Waals surface area contributed by atoms with Gasteiger partial charge in [-0.25, -0.2) is 8.42 Å². The second-order valence-corrected chi connectivity index (χ2v) is 7.76. The van der Waals surface area contributed by atoms with Crippen molar-refractivity contribution in [2.24, 2.45) is 5.41 Å². The first-order valence-corrected chi connectivity index (χ1v) is 8.33. The van der Waals surface area contributed by atoms with Crippen LogP contribution < -0.4 is 0 Å². The molecule has 1 saturated carbocycles. The molecule has 0 N–H and O–H groups in total. The summed E-state index contributed by atoms with van der Waals surface area (Å²) < 4.78 is 29.6. The average Bonchev–Trinajstić information content (AvgIpc) is 3.10. The number of nitrogens with zero attached hydrogens (tertiary/aromatic N) is 1. The summed E-state index contributed by atoms with van der Waals surface area (Å²) >= 11 is 0. The van der Waals surface area contributed by atoms with Gasteiger partial charge in [-0.3, -0.25) is 0 Å². The zero-order chi connectivity index (χ0) is 15.0. The van der Waals surface area contributed by atoms with Crippen LogP contribution >= 0.6 is 0 Å². The minimum atomic E-state index is -3.28. The average molecular weight is 293 g/mol. The van der Waals surface area contributed by atoms with Crippen LogP contribution in [0, 0.1) is 23.7 Å². The molecular formula is C15H19NO3S. The molecule has 1 aromatic carbocycles. The van der Waals surface area contributed by atoms with E-state index in [1.807, 2.05) is 31.2 Å². The molecule has 1 fully saturated rings. The van der Waals surface area contributed by atoms with Crippen molar-refractivity contribution in [3.63, 3.8) is 0 Å². The molecule has 5 heteroatoms. The fourth-order valence-corrected chi connectivity index (χ4v) is 4.94. The van der Waals surface area contributed by atoms with Crippen LogP contribution in [-0.4, -0.2) is 33.1 Å². The number of methoxy groups -OCH3 is 1. The molecule has 0 bridgehead atoms. The van der Waals surface area contributed by atoms with Crippen molar-refractivity contribution in [3.8, 4) is 6.07 Å². The van der Waals surface area contributed by atoms with Crippen LogP contribution in [0.3, 0.4) is 0 Å². The Labute approximate surface area is 120 Å². The molecule has 3 atom stereocenters. The lowest BCUT2D eigenvalue weighted by molar-refractivity contribution is 0.162. The van der Waals surface area contributed by atoms with E-state index in [0.29, 0.717) is 0 Å². The molecule has 0 spiro atoms. The first-order valence-electron chi connectivity index (χ1n) is 6.61. The Balaban J connectivity index is 2.45. The minimum absolute atomic E-state index is 0.0488. The molecule has 0 saturated heterocycles. The second kappa shape index (κ2) is 5.19. The molecule has 0 aliphatic heterocycles. The topological polar surface area (TPSA) is 67.2 Å². The highest BCUT2D eigenvalue weighted by molar-refractivity contribution is 7.92. The van der Waals surface area contributed by atoms with Crippen LogP contribution in [0.1, 0.15) is 24.0 Å². The van der Waals surface area contributed by atoms with Gasteiger partial charge in [0.15, 0.2) is 9.84 Å². The molecule has 0 aromatic heterocycles. The normalized spacial score (nSPS) is 28.9. The van der Waals surface area contributed by atoms with E-state index in [0.717, 1.165) is 11.1 Å². The van der Waals surface area contributed by atoms with Crippen molar-refractivity contribution in [1.82, 2.24) is 0 Å². The van der Waals surface area contributed by atoms with E-state index in [2.05, 4.69) is 6.07 Å². The Hall–Kier alpha value is -1.38. The van der Waals surface area contributed by atoms with Gasteiger partial charge in [0.25, 0.3) is 0 Å². The van der Waals surface area contributed by atoms with Crippen LogP contribution in [0.4, 0.5) is 0 Å². The first-order chi connectivity index (χ1) is 9.43. The molecule has 108 valence electrons. The zero-order valence-electron chi connectivity index (χ0n) is 12.0. The number of hydrogen-bond donors (Lipinski definition) is 0. The van der Waals surface area contributed by atoms with E-state index in [9.17, 15) is 13.7 Å². The van der Waals surface area contributed by atoms with E-state index >= 15 is 0 Å². The molecule has 20 heavy (non-hydrogen) atoms. The van der Waals surface area contributed by atoms with Crippen LogP contribution in [0.15, 0.2) is 24.3 Å². The number of nitriles is 1. The maximum atomic E-state index is 12.3. The quantitative estimate of drug-likeness (QED) is 0.833. The molecule has 4 nitrogen and oxygen atoms in total. The molecule has 0 radical (unpaired) electrons. The van der Waals surface area contributed by atoms with Gasteiger partial charge in [-0.1, -0.05) is 36.8 Å². The molecule has 1 aliphatic carbocycles. The summed E-state index contributed by atoms with van der Waals surface area (Å²) in [7, 11) is -1.78. The Morgan fingerprint density at radius 1 is 1.35 bits per heavy atom. The van der Waals surface area contributed by atoms with E-state index in [1.54, 1.807) is 6.92 Å². The Morgan fingerprint density at radius 3 is 2.40 bits per heavy atom. The van der Waals surface area contributed by atoms with E-state index in [1.165, 1.54) is 7.11 Å². The first kappa shape index (κ1) is 15.0. The number of hydrogen-bond acceptors (Lipinski definition) is 4. The fraction of sp³-hybridized carbons (Fsp3) is 0.533. The standard InChI is InChI=1S/C15H19NO3S/c1-4-20(17,18)14-13(15(14,9-16)10-19-3)12-7-5-11(2)6-8-12/h5-8,13-14H,4,10H2,1-3H3/t13-,14+,15-/m0/s1. The Morgan fingerprint density at radius 2 is 1.95 bits per heavy atom. The van der Waals surface area contributed by atoms with Crippen molar-refractivity contribution in [2.45, 2.75) is 25.0 Å². The predicted molar refractivity (Wildman–Crippen MR) is 77.1 cm³/mol. The van der Waals surface area contributed by atoms with E-state index in [-0.39, 0.29) is 18.3 Å². The Bertz CT molecular complexity index is 630. The summed E-state index contributed by atoms with van der Waals surface area (Å²) in [4.78, 5) is 0. The lowest BCUT2D eigenvalue weighted by Gasteiger charge is -2.07. The monoisotopic (exact) mass is 293 g/mol. The van der Waals surface area contributed by atoms with Crippen LogP contribution in [0.25, 0.3) is 0 Å². The van der Waals surface area contributed by atoms with Gasteiger partial charge in [0, 0.05) is 18.8 Å². The van der Waals surface area contributed by atoms with Gasteiger partial charge < -0.3 is 4.74 Å². The minimum Gasteiger partial charge on any atom is -0.383 e. The summed E-state index contributed by atoms with van der Waals surface area (Å²) in [6.07, 6.45) is 0. The maximum Gasteiger partial charge on any atom is 0.155 e. The predicted octanol–water partition coefficient (Wildman–Crippen LogP) is 2.05. The molecule has 0 amide bonds. The number of sulfone groups is 1. The lowest BCUT2D eigenvalue weighted by atomic mass is 10.0. The third-order valence-electron chi connectivity index (χ3n) is 4.07. The number of aryl methyl sites for hydroxylation is 1. The molecular weight excluding hydrogens is 274 g/mol. The van der Waals surface area contributed by atoms with Crippen molar-refractivity contribution in [2.75, 3.05) is 19.5 Å². The van der Waals surface area contributed by atoms with E-state index < -0.39 is 20.5 Å². The summed E-state index contributed by atoms with van der Waals surface area (Å²) in [5, 5.41) is 8.85. The van der Waals surface area contributed by atoms with Gasteiger partial charge in [0.1, 0.15) is 5.41 Å². The van der Waals surface area contributed by atoms with Crippen LogP contribution in [-0.2, 0) is 14.6 Å². The van der Waals surface area contributed by atoms with Crippen molar-refractivity contribution < 1.29 is 13.2 Å². The third kappa shape index (κ3) is 2.23. The van der Waals surface area contributed by atoms with Gasteiger partial charge >= 0.3 is 0 Å². The van der Waals surface area contributed by atoms with Crippen molar-refractivity contribution >= 4 is 9.84 Å². The number of benzene rings is 1. The maximum absolute atomic E-state index is 12.3. The van der Waals surface area contributed by atoms with Gasteiger partial charge in [-0.2, -0.15) is 5.26 Å². The van der Waals surface area contributed by atoms with Crippen molar-refractivity contribution in [3.05, 3.63) is 35.4 Å². The van der Waals surface area contributed by atoms with E-state index in [4.69, 9.17) is 4.74 Å². The van der Waals surface area contributed by atoms with Gasteiger partial charge in [0.05, 0.1) is 17.9 Å². The summed E-state index contributed by atoms with van der Waals surface area (Å²) in [6, 6.07) is 9.91. The molecule has 0 heterocycles. The molecule has 0 unspecified atom stereocenters. The summed E-state index contributed by atoms with van der Waals surface area (Å²) in [6.45, 7) is 3.74. The molecule has 1 aromatic rings. The second-order valence-electron chi connectivity index (χ2n) is 5.35. The van der Waals surface area contributed by atoms with Crippen molar-refractivity contribution in [1.29, 1.82) is 5.26 Å². The molecule has 1 aliphatic rings.